The quantitative estimate of drug-likeness (QED) is 0.534. The molecule has 0 unspecified atom stereocenters. The summed E-state index contributed by atoms with van der Waals surface area (Å²) in [6, 6.07) is 0. The zero-order valence-corrected chi connectivity index (χ0v) is 7.60. The summed E-state index contributed by atoms with van der Waals surface area (Å²) in [6.07, 6.45) is 5.66. The molecule has 0 amide bonds. The van der Waals surface area contributed by atoms with Crippen LogP contribution in [0.4, 0.5) is 13.2 Å². The van der Waals surface area contributed by atoms with Gasteiger partial charge in [-0.3, -0.25) is 0 Å². The Kier molecular flexibility index (Phi) is 2.89. The lowest BCUT2D eigenvalue weighted by molar-refractivity contribution is -0.0523. The Morgan fingerprint density at radius 2 is 1.93 bits per heavy atom. The number of hydrogen-bond acceptors (Lipinski definition) is 3. The highest BCUT2D eigenvalue weighted by atomic mass is 32.2. The first-order chi connectivity index (χ1) is 6.33. The van der Waals surface area contributed by atoms with Crippen molar-refractivity contribution in [2.24, 2.45) is 0 Å². The summed E-state index contributed by atoms with van der Waals surface area (Å²) in [5.41, 5.74) is -5.38. The van der Waals surface area contributed by atoms with E-state index in [2.05, 4.69) is 4.18 Å². The van der Waals surface area contributed by atoms with Crippen molar-refractivity contribution in [1.29, 1.82) is 0 Å². The van der Waals surface area contributed by atoms with Crippen LogP contribution in [0.3, 0.4) is 0 Å². The minimum Gasteiger partial charge on any atom is -0.381 e. The van der Waals surface area contributed by atoms with E-state index in [0.29, 0.717) is 0 Å². The second kappa shape index (κ2) is 3.64. The van der Waals surface area contributed by atoms with E-state index in [0.717, 1.165) is 0 Å². The third kappa shape index (κ3) is 2.50. The summed E-state index contributed by atoms with van der Waals surface area (Å²) in [6.45, 7) is 0. The van der Waals surface area contributed by atoms with Crippen LogP contribution in [-0.2, 0) is 14.3 Å². The van der Waals surface area contributed by atoms with Crippen LogP contribution >= 0.6 is 0 Å². The second-order valence-electron chi connectivity index (χ2n) is 2.44. The minimum atomic E-state index is -5.52. The molecule has 1 radical (unpaired) electrons. The van der Waals surface area contributed by atoms with Crippen LogP contribution in [0.25, 0.3) is 0 Å². The predicted octanol–water partition coefficient (Wildman–Crippen LogP) is 1.90. The van der Waals surface area contributed by atoms with Crippen molar-refractivity contribution in [1.82, 2.24) is 0 Å². The van der Waals surface area contributed by atoms with Gasteiger partial charge in [0.1, 0.15) is 5.76 Å². The maximum atomic E-state index is 11.8. The zero-order chi connectivity index (χ0) is 10.8. The maximum absolute atomic E-state index is 11.8. The van der Waals surface area contributed by atoms with Gasteiger partial charge in [0, 0.05) is 6.42 Å². The predicted molar refractivity (Wildman–Crippen MR) is 42.2 cm³/mol. The molecule has 7 heteroatoms. The molecule has 1 aliphatic carbocycles. The smallest absolute Gasteiger partial charge is 0.381 e. The van der Waals surface area contributed by atoms with Gasteiger partial charge in [-0.1, -0.05) is 12.2 Å². The van der Waals surface area contributed by atoms with Crippen molar-refractivity contribution in [3.63, 3.8) is 0 Å². The van der Waals surface area contributed by atoms with Gasteiger partial charge in [-0.25, -0.2) is 0 Å². The van der Waals surface area contributed by atoms with E-state index in [-0.39, 0.29) is 12.2 Å². The SMILES string of the molecule is O=S(=O)(OC1=CC=C[CH]C1)C(F)(F)F. The highest BCUT2D eigenvalue weighted by Gasteiger charge is 2.48. The Morgan fingerprint density at radius 3 is 2.36 bits per heavy atom. The lowest BCUT2D eigenvalue weighted by Crippen LogP contribution is -2.25. The van der Waals surface area contributed by atoms with Crippen molar-refractivity contribution in [3.8, 4) is 0 Å². The average molecular weight is 227 g/mol. The Bertz CT molecular complexity index is 364. The molecule has 0 spiro atoms. The van der Waals surface area contributed by atoms with Crippen LogP contribution in [-0.4, -0.2) is 13.9 Å². The molecule has 0 atom stereocenters. The molecule has 0 saturated carbocycles. The molecule has 0 fully saturated rings. The number of halogens is 3. The van der Waals surface area contributed by atoms with Crippen LogP contribution in [0, 0.1) is 6.42 Å². The van der Waals surface area contributed by atoms with E-state index in [1.807, 2.05) is 0 Å². The first kappa shape index (κ1) is 11.1. The molecule has 3 nitrogen and oxygen atoms in total. The van der Waals surface area contributed by atoms with Crippen molar-refractivity contribution in [2.75, 3.05) is 0 Å². The molecule has 0 heterocycles. The summed E-state index contributed by atoms with van der Waals surface area (Å²) >= 11 is 0. The molecule has 79 valence electrons. The Balaban J connectivity index is 2.79. The lowest BCUT2D eigenvalue weighted by Gasteiger charge is -2.12. The van der Waals surface area contributed by atoms with Gasteiger partial charge in [0.15, 0.2) is 0 Å². The summed E-state index contributed by atoms with van der Waals surface area (Å²) in [5.74, 6) is -0.246. The van der Waals surface area contributed by atoms with Gasteiger partial charge in [-0.05, 0) is 12.5 Å². The van der Waals surface area contributed by atoms with Gasteiger partial charge in [0.05, 0.1) is 0 Å². The first-order valence-electron chi connectivity index (χ1n) is 3.53. The molecule has 0 saturated heterocycles. The minimum absolute atomic E-state index is 0.0335. The number of rotatable bonds is 2. The van der Waals surface area contributed by atoms with Crippen molar-refractivity contribution in [3.05, 3.63) is 30.4 Å². The van der Waals surface area contributed by atoms with Crippen molar-refractivity contribution in [2.45, 2.75) is 11.9 Å². The highest BCUT2D eigenvalue weighted by molar-refractivity contribution is 7.87. The van der Waals surface area contributed by atoms with Crippen LogP contribution in [0.5, 0.6) is 0 Å². The van der Waals surface area contributed by atoms with Crippen LogP contribution in [0.1, 0.15) is 6.42 Å². The van der Waals surface area contributed by atoms with Gasteiger partial charge < -0.3 is 4.18 Å². The molecule has 1 aliphatic rings. The summed E-state index contributed by atoms with van der Waals surface area (Å²) < 4.78 is 60.3. The molecule has 1 rings (SSSR count). The summed E-state index contributed by atoms with van der Waals surface area (Å²) in [5, 5.41) is 0. The zero-order valence-electron chi connectivity index (χ0n) is 6.78. The van der Waals surface area contributed by atoms with Gasteiger partial charge in [0.25, 0.3) is 0 Å². The number of allylic oxidation sites excluding steroid dienone is 4. The molecular formula is C7H6F3O3S. The summed E-state index contributed by atoms with van der Waals surface area (Å²) in [7, 11) is -5.52. The Labute approximate surface area is 79.0 Å². The van der Waals surface area contributed by atoms with Gasteiger partial charge in [-0.2, -0.15) is 21.6 Å². The first-order valence-corrected chi connectivity index (χ1v) is 4.93. The van der Waals surface area contributed by atoms with E-state index in [1.54, 1.807) is 6.08 Å². The molecular weight excluding hydrogens is 221 g/mol. The van der Waals surface area contributed by atoms with Gasteiger partial charge >= 0.3 is 15.6 Å². The van der Waals surface area contributed by atoms with E-state index < -0.39 is 15.6 Å². The van der Waals surface area contributed by atoms with Crippen LogP contribution in [0.2, 0.25) is 0 Å². The molecule has 0 aliphatic heterocycles. The maximum Gasteiger partial charge on any atom is 0.534 e. The summed E-state index contributed by atoms with van der Waals surface area (Å²) in [4.78, 5) is 0. The molecule has 14 heavy (non-hydrogen) atoms. The molecule has 0 N–H and O–H groups in total. The van der Waals surface area contributed by atoms with Crippen LogP contribution < -0.4 is 0 Å². The third-order valence-electron chi connectivity index (χ3n) is 1.35. The lowest BCUT2D eigenvalue weighted by atomic mass is 10.2. The fourth-order valence-electron chi connectivity index (χ4n) is 0.744. The van der Waals surface area contributed by atoms with Crippen molar-refractivity contribution >= 4 is 10.1 Å². The molecule has 0 aromatic carbocycles. The second-order valence-corrected chi connectivity index (χ2v) is 3.98. The normalized spacial score (nSPS) is 17.8. The van der Waals surface area contributed by atoms with E-state index >= 15 is 0 Å². The fraction of sp³-hybridized carbons (Fsp3) is 0.286. The van der Waals surface area contributed by atoms with E-state index in [4.69, 9.17) is 0 Å². The number of alkyl halides is 3. The largest absolute Gasteiger partial charge is 0.534 e. The van der Waals surface area contributed by atoms with Gasteiger partial charge in [0.2, 0.25) is 0 Å². The third-order valence-corrected chi connectivity index (χ3v) is 2.35. The molecule has 0 bridgehead atoms. The Hall–Kier alpha value is -0.980. The number of hydrogen-bond donors (Lipinski definition) is 0. The Morgan fingerprint density at radius 1 is 1.29 bits per heavy atom. The monoisotopic (exact) mass is 227 g/mol. The van der Waals surface area contributed by atoms with Gasteiger partial charge in [-0.15, -0.1) is 0 Å². The average Bonchev–Trinajstić information content (AvgIpc) is 2.03. The van der Waals surface area contributed by atoms with Crippen molar-refractivity contribution < 1.29 is 25.8 Å². The fourth-order valence-corrected chi connectivity index (χ4v) is 1.24. The molecule has 0 aromatic rings. The van der Waals surface area contributed by atoms with Crippen LogP contribution in [0.15, 0.2) is 24.0 Å². The standard InChI is InChI=1S/C7H6F3O3S/c8-7(9,10)14(11,12)13-6-4-2-1-3-5-6/h1-4H,5H2. The van der Waals surface area contributed by atoms with E-state index in [9.17, 15) is 21.6 Å². The highest BCUT2D eigenvalue weighted by Crippen LogP contribution is 2.28. The van der Waals surface area contributed by atoms with E-state index in [1.165, 1.54) is 18.6 Å². The molecule has 0 aromatic heterocycles. The topological polar surface area (TPSA) is 43.4 Å².